The van der Waals surface area contributed by atoms with Gasteiger partial charge in [-0.3, -0.25) is 0 Å². The first-order chi connectivity index (χ1) is 5.18. The van der Waals surface area contributed by atoms with Crippen molar-refractivity contribution in [3.8, 4) is 0 Å². The topological polar surface area (TPSA) is 26.0 Å². The van der Waals surface area contributed by atoms with Gasteiger partial charge in [-0.05, 0) is 43.3 Å². The number of hydrogen-bond donors (Lipinski definition) is 2. The highest BCUT2D eigenvalue weighted by molar-refractivity contribution is 7.80. The van der Waals surface area contributed by atoms with Crippen molar-refractivity contribution in [1.82, 2.24) is 0 Å². The molecule has 1 aliphatic rings. The van der Waals surface area contributed by atoms with Gasteiger partial charge in [-0.1, -0.05) is 6.92 Å². The van der Waals surface area contributed by atoms with Crippen LogP contribution in [0.15, 0.2) is 0 Å². The first-order valence-corrected chi connectivity index (χ1v) is 5.13. The average Bonchev–Trinajstić information content (AvgIpc) is 1.93. The maximum Gasteiger partial charge on any atom is 0.00390 e. The van der Waals surface area contributed by atoms with Crippen molar-refractivity contribution in [3.05, 3.63) is 0 Å². The van der Waals surface area contributed by atoms with Crippen LogP contribution in [-0.4, -0.2) is 11.3 Å². The second-order valence-corrected chi connectivity index (χ2v) is 4.75. The van der Waals surface area contributed by atoms with Gasteiger partial charge in [0.25, 0.3) is 0 Å². The lowest BCUT2D eigenvalue weighted by atomic mass is 9.84. The summed E-state index contributed by atoms with van der Waals surface area (Å²) >= 11 is 4.40. The summed E-state index contributed by atoms with van der Waals surface area (Å²) in [7, 11) is 0. The van der Waals surface area contributed by atoms with Gasteiger partial charge in [0.05, 0.1) is 0 Å². The van der Waals surface area contributed by atoms with Gasteiger partial charge in [0, 0.05) is 6.04 Å². The molecule has 0 aromatic carbocycles. The highest BCUT2D eigenvalue weighted by atomic mass is 32.1. The zero-order valence-corrected chi connectivity index (χ0v) is 8.19. The molecule has 0 aromatic rings. The van der Waals surface area contributed by atoms with Crippen LogP contribution in [0.4, 0.5) is 0 Å². The van der Waals surface area contributed by atoms with Crippen molar-refractivity contribution in [2.75, 3.05) is 0 Å². The monoisotopic (exact) mass is 173 g/mol. The van der Waals surface area contributed by atoms with E-state index in [1.54, 1.807) is 0 Å². The molecule has 0 aromatic heterocycles. The van der Waals surface area contributed by atoms with Crippen LogP contribution < -0.4 is 5.73 Å². The predicted molar refractivity (Wildman–Crippen MR) is 53.0 cm³/mol. The van der Waals surface area contributed by atoms with Crippen LogP contribution >= 0.6 is 12.6 Å². The van der Waals surface area contributed by atoms with Gasteiger partial charge < -0.3 is 5.73 Å². The van der Waals surface area contributed by atoms with Crippen LogP contribution in [0.3, 0.4) is 0 Å². The minimum Gasteiger partial charge on any atom is -0.328 e. The van der Waals surface area contributed by atoms with Crippen molar-refractivity contribution in [1.29, 1.82) is 0 Å². The fourth-order valence-electron chi connectivity index (χ4n) is 1.91. The lowest BCUT2D eigenvalue weighted by Gasteiger charge is -2.26. The first-order valence-electron chi connectivity index (χ1n) is 4.62. The third kappa shape index (κ3) is 3.48. The Hall–Kier alpha value is 0.310. The fraction of sp³-hybridized carbons (Fsp3) is 1.00. The molecular weight excluding hydrogens is 154 g/mol. The molecule has 1 rings (SSSR count). The normalized spacial score (nSPS) is 35.2. The molecule has 1 unspecified atom stereocenters. The van der Waals surface area contributed by atoms with Crippen molar-refractivity contribution in [3.63, 3.8) is 0 Å². The smallest absolute Gasteiger partial charge is 0.00390 e. The molecular formula is C9H19NS. The minimum atomic E-state index is 0.487. The maximum atomic E-state index is 5.81. The van der Waals surface area contributed by atoms with Gasteiger partial charge in [-0.25, -0.2) is 0 Å². The summed E-state index contributed by atoms with van der Waals surface area (Å²) in [5.74, 6) is 0.905. The van der Waals surface area contributed by atoms with E-state index < -0.39 is 0 Å². The van der Waals surface area contributed by atoms with E-state index >= 15 is 0 Å². The van der Waals surface area contributed by atoms with Crippen molar-refractivity contribution in [2.24, 2.45) is 11.7 Å². The third-order valence-electron chi connectivity index (χ3n) is 2.57. The summed E-state index contributed by atoms with van der Waals surface area (Å²) in [5.41, 5.74) is 5.81. The second-order valence-electron chi connectivity index (χ2n) is 3.87. The lowest BCUT2D eigenvalue weighted by Crippen LogP contribution is -2.27. The zero-order valence-electron chi connectivity index (χ0n) is 7.29. The molecule has 0 heterocycles. The van der Waals surface area contributed by atoms with E-state index in [2.05, 4.69) is 19.6 Å². The summed E-state index contributed by atoms with van der Waals surface area (Å²) < 4.78 is 0. The van der Waals surface area contributed by atoms with Gasteiger partial charge in [0.1, 0.15) is 0 Å². The standard InChI is InChI=1S/C9H19NS/c1-7(11)6-8-2-4-9(10)5-3-8/h7-9,11H,2-6,10H2,1H3. The van der Waals surface area contributed by atoms with E-state index in [1.165, 1.54) is 32.1 Å². The van der Waals surface area contributed by atoms with E-state index in [0.29, 0.717) is 11.3 Å². The maximum absolute atomic E-state index is 5.81. The summed E-state index contributed by atoms with van der Waals surface area (Å²) in [6.07, 6.45) is 6.38. The van der Waals surface area contributed by atoms with Crippen molar-refractivity contribution >= 4 is 12.6 Å². The molecule has 1 atom stereocenters. The Morgan fingerprint density at radius 1 is 1.36 bits per heavy atom. The number of thiol groups is 1. The van der Waals surface area contributed by atoms with E-state index in [-0.39, 0.29) is 0 Å². The molecule has 0 amide bonds. The molecule has 11 heavy (non-hydrogen) atoms. The molecule has 1 aliphatic carbocycles. The van der Waals surface area contributed by atoms with Crippen LogP contribution in [0.1, 0.15) is 39.0 Å². The van der Waals surface area contributed by atoms with Crippen LogP contribution in [0.2, 0.25) is 0 Å². The van der Waals surface area contributed by atoms with Gasteiger partial charge in [-0.2, -0.15) is 12.6 Å². The molecule has 0 aliphatic heterocycles. The Morgan fingerprint density at radius 2 is 1.91 bits per heavy atom. The van der Waals surface area contributed by atoms with Gasteiger partial charge in [0.15, 0.2) is 0 Å². The molecule has 0 saturated heterocycles. The van der Waals surface area contributed by atoms with Crippen molar-refractivity contribution < 1.29 is 0 Å². The van der Waals surface area contributed by atoms with Crippen LogP contribution in [0.5, 0.6) is 0 Å². The molecule has 66 valence electrons. The van der Waals surface area contributed by atoms with E-state index in [9.17, 15) is 0 Å². The first kappa shape index (κ1) is 9.40. The quantitative estimate of drug-likeness (QED) is 0.615. The number of hydrogen-bond acceptors (Lipinski definition) is 2. The highest BCUT2D eigenvalue weighted by Gasteiger charge is 2.18. The Bertz CT molecular complexity index is 106. The predicted octanol–water partition coefficient (Wildman–Crippen LogP) is 2.21. The largest absolute Gasteiger partial charge is 0.328 e. The average molecular weight is 173 g/mol. The molecule has 1 saturated carbocycles. The van der Waals surface area contributed by atoms with E-state index in [4.69, 9.17) is 5.73 Å². The summed E-state index contributed by atoms with van der Waals surface area (Å²) in [4.78, 5) is 0. The van der Waals surface area contributed by atoms with E-state index in [1.807, 2.05) is 0 Å². The Balaban J connectivity index is 2.17. The van der Waals surface area contributed by atoms with Gasteiger partial charge in [-0.15, -0.1) is 0 Å². The number of nitrogens with two attached hydrogens (primary N) is 1. The SMILES string of the molecule is CC(S)CC1CCC(N)CC1. The number of rotatable bonds is 2. The molecule has 1 nitrogen and oxygen atoms in total. The molecule has 2 N–H and O–H groups in total. The Morgan fingerprint density at radius 3 is 2.36 bits per heavy atom. The van der Waals surface area contributed by atoms with E-state index in [0.717, 1.165) is 5.92 Å². The van der Waals surface area contributed by atoms with Crippen molar-refractivity contribution in [2.45, 2.75) is 50.3 Å². The van der Waals surface area contributed by atoms with Gasteiger partial charge >= 0.3 is 0 Å². The molecule has 2 heteroatoms. The molecule has 0 bridgehead atoms. The highest BCUT2D eigenvalue weighted by Crippen LogP contribution is 2.27. The summed E-state index contributed by atoms with van der Waals surface area (Å²) in [6, 6.07) is 0.487. The van der Waals surface area contributed by atoms with Crippen LogP contribution in [0.25, 0.3) is 0 Å². The van der Waals surface area contributed by atoms with Crippen LogP contribution in [-0.2, 0) is 0 Å². The minimum absolute atomic E-state index is 0.487. The summed E-state index contributed by atoms with van der Waals surface area (Å²) in [5, 5.41) is 0.564. The molecule has 0 spiro atoms. The second kappa shape index (κ2) is 4.36. The third-order valence-corrected chi connectivity index (χ3v) is 2.78. The summed E-state index contributed by atoms with van der Waals surface area (Å²) in [6.45, 7) is 2.18. The lowest BCUT2D eigenvalue weighted by molar-refractivity contribution is 0.311. The van der Waals surface area contributed by atoms with Gasteiger partial charge in [0.2, 0.25) is 0 Å². The fourth-order valence-corrected chi connectivity index (χ4v) is 2.20. The molecule has 0 radical (unpaired) electrons. The zero-order chi connectivity index (χ0) is 8.27. The Kier molecular flexibility index (Phi) is 3.73. The molecule has 1 fully saturated rings. The Labute approximate surface area is 75.1 Å². The van der Waals surface area contributed by atoms with Crippen LogP contribution in [0, 0.1) is 5.92 Å².